The fourth-order valence-corrected chi connectivity index (χ4v) is 15.0. The van der Waals surface area contributed by atoms with E-state index in [9.17, 15) is 49.9 Å². The number of nitrogens with one attached hydrogen (secondary N) is 11. The van der Waals surface area contributed by atoms with Gasteiger partial charge in [0.15, 0.2) is 116 Å². The number of amides is 4. The van der Waals surface area contributed by atoms with Crippen LogP contribution in [0.2, 0.25) is 0 Å². The van der Waals surface area contributed by atoms with Gasteiger partial charge in [0.05, 0.1) is 51.6 Å². The van der Waals surface area contributed by atoms with Crippen molar-refractivity contribution >= 4 is 120 Å². The smallest absolute Gasteiger partial charge is 0.416 e. The number of aryl methyl sites for hydroxylation is 5. The Morgan fingerprint density at radius 3 is 1.16 bits per heavy atom. The number of benzene rings is 5. The molecule has 18 aromatic rings. The first-order chi connectivity index (χ1) is 69.9. The molecule has 1 aliphatic rings. The number of fused-ring (bicyclic) bond motifs is 4. The summed E-state index contributed by atoms with van der Waals surface area (Å²) in [4.78, 5) is 107. The van der Waals surface area contributed by atoms with Gasteiger partial charge in [-0.15, -0.1) is 0 Å². The second-order valence-corrected chi connectivity index (χ2v) is 33.5. The third kappa shape index (κ3) is 21.7. The van der Waals surface area contributed by atoms with E-state index in [1.54, 1.807) is 107 Å². The third-order valence-electron chi connectivity index (χ3n) is 23.0. The number of hydrogen-bond acceptors (Lipinski definition) is 25. The number of aromatic amines is 7. The van der Waals surface area contributed by atoms with Crippen molar-refractivity contribution in [2.45, 2.75) is 94.2 Å². The summed E-state index contributed by atoms with van der Waals surface area (Å²) in [5.41, 5.74) is 3.92. The van der Waals surface area contributed by atoms with E-state index in [0.717, 1.165) is 79.6 Å². The largest absolute Gasteiger partial charge is 0.463 e. The van der Waals surface area contributed by atoms with Crippen LogP contribution in [0.25, 0.3) is 66.8 Å². The lowest BCUT2D eigenvalue weighted by Gasteiger charge is -2.20. The molecule has 13 aromatic heterocycles. The second kappa shape index (κ2) is 42.4. The molecule has 5 aromatic carbocycles. The second-order valence-electron chi connectivity index (χ2n) is 33.5. The minimum atomic E-state index is -4.69. The minimum absolute atomic E-state index is 0.0204. The highest BCUT2D eigenvalue weighted by Crippen LogP contribution is 2.45. The van der Waals surface area contributed by atoms with E-state index in [1.807, 2.05) is 32.1 Å². The van der Waals surface area contributed by atoms with E-state index >= 15 is 17.6 Å². The normalized spacial score (nSPS) is 11.8. The molecule has 19 rings (SSSR count). The Labute approximate surface area is 821 Å². The first kappa shape index (κ1) is 101. The number of ether oxygens (including phenoxy) is 4. The predicted molar refractivity (Wildman–Crippen MR) is 517 cm³/mol. The summed E-state index contributed by atoms with van der Waals surface area (Å²) in [6, 6.07) is 21.3. The maximum absolute atomic E-state index is 15.3. The van der Waals surface area contributed by atoms with Crippen LogP contribution in [0.4, 0.5) is 94.7 Å². The van der Waals surface area contributed by atoms with Crippen molar-refractivity contribution in [3.63, 3.8) is 0 Å². The fraction of sp³-hybridized carbons (Fsp3) is 0.224. The lowest BCUT2D eigenvalue weighted by atomic mass is 10.1. The molecule has 0 aliphatic heterocycles. The number of H-pyrrole nitrogens is 7. The Hall–Kier alpha value is -18.1. The molecule has 0 saturated heterocycles. The Balaban J connectivity index is 0.000000140. The molecule has 1 saturated carbocycles. The molecule has 754 valence electrons. The van der Waals surface area contributed by atoms with Gasteiger partial charge in [-0.25, -0.2) is 80.0 Å². The Morgan fingerprint density at radius 2 is 0.815 bits per heavy atom. The Morgan fingerprint density at radius 1 is 0.452 bits per heavy atom. The highest BCUT2D eigenvalue weighted by molar-refractivity contribution is 6.04. The maximum atomic E-state index is 15.3. The Bertz CT molecular complexity index is 8000. The van der Waals surface area contributed by atoms with E-state index in [1.165, 1.54) is 80.5 Å². The number of aromatic nitrogens is 20. The van der Waals surface area contributed by atoms with Gasteiger partial charge in [0.1, 0.15) is 53.3 Å². The van der Waals surface area contributed by atoms with Crippen LogP contribution in [-0.2, 0) is 6.18 Å². The minimum Gasteiger partial charge on any atom is -0.463 e. The van der Waals surface area contributed by atoms with Crippen molar-refractivity contribution in [2.24, 2.45) is 0 Å². The predicted octanol–water partition coefficient (Wildman–Crippen LogP) is 21.5. The maximum Gasteiger partial charge on any atom is 0.416 e. The summed E-state index contributed by atoms with van der Waals surface area (Å²) in [6.07, 6.45) is 10.1. The first-order valence-corrected chi connectivity index (χ1v) is 45.0. The van der Waals surface area contributed by atoms with Gasteiger partial charge in [-0.2, -0.15) is 28.5 Å². The van der Waals surface area contributed by atoms with Gasteiger partial charge < -0.3 is 88.7 Å². The number of furan rings is 1. The van der Waals surface area contributed by atoms with E-state index in [2.05, 4.69) is 117 Å². The van der Waals surface area contributed by atoms with Gasteiger partial charge in [0.2, 0.25) is 23.5 Å². The number of allylic oxidation sites excluding steroid dienone is 1. The van der Waals surface area contributed by atoms with Gasteiger partial charge in [0.25, 0.3) is 23.6 Å². The zero-order valence-corrected chi connectivity index (χ0v) is 80.2. The third-order valence-corrected chi connectivity index (χ3v) is 23.0. The number of imidazole rings is 1. The van der Waals surface area contributed by atoms with Crippen LogP contribution < -0.4 is 40.2 Å². The molecule has 0 unspecified atom stereocenters. The molecule has 37 nitrogen and oxygen atoms in total. The van der Waals surface area contributed by atoms with E-state index in [0.29, 0.717) is 82.9 Å². The number of nitrogens with zero attached hydrogens (tertiary/aromatic N) is 17. The van der Waals surface area contributed by atoms with Gasteiger partial charge >= 0.3 is 6.18 Å². The lowest BCUT2D eigenvalue weighted by Crippen LogP contribution is -2.28. The average Bonchev–Trinajstić information content (AvgIpc) is 1.76. The highest BCUT2D eigenvalue weighted by Gasteiger charge is 2.36. The van der Waals surface area contributed by atoms with Crippen molar-refractivity contribution < 1.29 is 90.8 Å². The van der Waals surface area contributed by atoms with Crippen molar-refractivity contribution in [1.29, 1.82) is 0 Å². The summed E-state index contributed by atoms with van der Waals surface area (Å²) < 4.78 is 190. The van der Waals surface area contributed by atoms with Gasteiger partial charge in [-0.1, -0.05) is 6.08 Å². The molecule has 146 heavy (non-hydrogen) atoms. The Kier molecular flexibility index (Phi) is 29.3. The number of carbonyl (C=O) groups excluding carboxylic acids is 4. The quantitative estimate of drug-likeness (QED) is 0.0203. The van der Waals surface area contributed by atoms with E-state index in [-0.39, 0.29) is 125 Å². The molecule has 4 amide bonds. The van der Waals surface area contributed by atoms with Crippen molar-refractivity contribution in [3.05, 3.63) is 261 Å². The number of alkyl halides is 3. The summed E-state index contributed by atoms with van der Waals surface area (Å²) >= 11 is 0. The molecule has 1 aliphatic carbocycles. The van der Waals surface area contributed by atoms with Crippen LogP contribution in [0.15, 0.2) is 152 Å². The summed E-state index contributed by atoms with van der Waals surface area (Å²) in [7, 11) is 6.26. The van der Waals surface area contributed by atoms with Crippen LogP contribution in [0.3, 0.4) is 0 Å². The molecule has 13 heterocycles. The van der Waals surface area contributed by atoms with Crippen LogP contribution in [0.1, 0.15) is 140 Å². The summed E-state index contributed by atoms with van der Waals surface area (Å²) in [5, 5.41) is 33.0. The molecule has 11 N–H and O–H groups in total. The molecule has 1 fully saturated rings. The zero-order valence-electron chi connectivity index (χ0n) is 80.2. The van der Waals surface area contributed by atoms with Gasteiger partial charge in [-0.05, 0) is 143 Å². The van der Waals surface area contributed by atoms with Crippen molar-refractivity contribution in [3.8, 4) is 63.7 Å². The average molecular weight is 2010 g/mol. The van der Waals surface area contributed by atoms with Crippen LogP contribution >= 0.6 is 0 Å². The molecule has 0 radical (unpaired) electrons. The molecule has 48 heteroatoms. The van der Waals surface area contributed by atoms with E-state index in [4.69, 9.17) is 23.4 Å². The first-order valence-electron chi connectivity index (χ1n) is 45.0. The molecular weight excluding hydrogens is 1920 g/mol. The fourth-order valence-electron chi connectivity index (χ4n) is 15.0. The van der Waals surface area contributed by atoms with Gasteiger partial charge in [-0.3, -0.25) is 34.5 Å². The van der Waals surface area contributed by atoms with Crippen LogP contribution in [-0.4, -0.2) is 198 Å². The number of anilines is 8. The van der Waals surface area contributed by atoms with E-state index < -0.39 is 111 Å². The van der Waals surface area contributed by atoms with Gasteiger partial charge in [0, 0.05) is 170 Å². The van der Waals surface area contributed by atoms with Crippen molar-refractivity contribution in [1.82, 2.24) is 120 Å². The number of rotatable bonds is 28. The molecule has 0 atom stereocenters. The van der Waals surface area contributed by atoms with Crippen LogP contribution in [0, 0.1) is 81.2 Å². The lowest BCUT2D eigenvalue weighted by molar-refractivity contribution is -0.137. The number of carbonyl (C=O) groups is 4. The number of hydrogen-bond donors (Lipinski definition) is 11. The summed E-state index contributed by atoms with van der Waals surface area (Å²) in [5.74, 6) is -8.73. The molecule has 0 bridgehead atoms. The highest BCUT2D eigenvalue weighted by atomic mass is 19.4. The molecular formula is C98H91F11N28O9. The topological polar surface area (TPSA) is 450 Å². The van der Waals surface area contributed by atoms with Crippen LogP contribution in [0.5, 0.6) is 46.5 Å². The molecule has 0 spiro atoms. The number of halogens is 11. The zero-order chi connectivity index (χ0) is 104. The monoisotopic (exact) mass is 2010 g/mol. The standard InChI is InChI=1S/C28H24F5N7O2.C24H21F2N7O3.2C23H23F2N7O2/c1-5-39(4)27(41)22-25(38-17-7-16(28(31,32)33)8-18(9-17)40-11-15(3)36-13-40)34-12-35-26(22)42-21-10-20(29)24-19(23(21)30)6-14(2)37-24;1-4-33(3)24(34)19-22(30-18-10-15(31-32-18)16-6-5-7-35-16)27-11-28-23(19)36-17-9-14(25)21-13(20(17)26)8-12(2)29-21;1-4-32(3)23(33)18-21(29-17-9-15(30-31-17)12-5-6-12)26-10-27-22(18)34-16-8-14(24)20-13(19(16)25)7-11(2)28-20;1-5-7-13-9-17(31-30-13)29-21-18(23(33)32(4)6-2)22(27-11-26-21)34-16-10-15(24)20-14(19(16)25)8-12(3)28-20/h6-13,37H,5H2,1-4H3,(H,34,35,38);5-11,29H,4H2,1-3H3,(H2,27,28,30,31,32);7-10,12,28H,4-6H2,1-3H3,(H2,26,27,29,30,31);5,7-11,28H,6H2,1-4H3,(H2,26,27,29,30,31)/b;;;7-5+. The summed E-state index contributed by atoms with van der Waals surface area (Å²) in [6.45, 7) is 18.7. The van der Waals surface area contributed by atoms with Crippen molar-refractivity contribution in [2.75, 3.05) is 75.6 Å². The SMILES string of the molecule is C/C=C/c1cc(Nc2ncnc(Oc3cc(F)c4[nH]c(C)cc4c3F)c2C(=O)N(C)CC)n[nH]1.CCN(C)C(=O)c1c(Nc2cc(-c3ccco3)[nH]n2)ncnc1Oc1cc(F)c2[nH]c(C)cc2c1F.CCN(C)C(=O)c1c(Nc2cc(-n3cnc(C)c3)cc(C(F)(F)F)c2)ncnc1Oc1cc(F)c2[nH]c(C)cc2c1F.CCN(C)C(=O)c1c(Nc2cc(C3CC3)[nH]n2)ncnc1Oc1cc(F)c2[nH]c(C)cc2c1F.